The number of halogens is 2. The van der Waals surface area contributed by atoms with E-state index in [9.17, 15) is 0 Å². The monoisotopic (exact) mass is 468 g/mol. The fraction of sp³-hybridized carbons (Fsp3) is 0.571. The van der Waals surface area contributed by atoms with Crippen molar-refractivity contribution in [3.8, 4) is 0 Å². The molecule has 0 saturated carbocycles. The Morgan fingerprint density at radius 1 is 1.06 bits per heavy atom. The Kier molecular flexibility index (Phi) is 9.55. The average Bonchev–Trinajstić information content (AvgIpc) is 2.69. The summed E-state index contributed by atoms with van der Waals surface area (Å²) >= 11 is 6.17. The molecule has 1 aromatic carbocycles. The zero-order valence-electron chi connectivity index (χ0n) is 19.0. The van der Waals surface area contributed by atoms with Gasteiger partial charge in [-0.3, -0.25) is 4.90 Å². The minimum Gasteiger partial charge on any atom is -0.352 e. The topological polar surface area (TPSA) is 72.5 Å². The molecule has 1 aliphatic heterocycles. The summed E-state index contributed by atoms with van der Waals surface area (Å²) in [6.45, 7) is 12.1. The van der Waals surface area contributed by atoms with Gasteiger partial charge in [0.15, 0.2) is 0 Å². The second-order valence-electron chi connectivity index (χ2n) is 8.30. The molecule has 2 heterocycles. The highest BCUT2D eigenvalue weighted by Gasteiger charge is 2.21. The van der Waals surface area contributed by atoms with Crippen LogP contribution in [0.5, 0.6) is 0 Å². The van der Waals surface area contributed by atoms with Gasteiger partial charge in [-0.15, -0.1) is 12.4 Å². The number of benzene rings is 1. The van der Waals surface area contributed by atoms with Gasteiger partial charge >= 0.3 is 0 Å². The standard InChI is InChI=1S/C21H33ClN8.ClH/c1-15(2)23-19-25-20(24-18-14-17(22)7-6-16(18)3)27-21(26-19)30-12-10-29(11-13-30)9-8-28(4)5;/h6-7,14-15H,8-13H2,1-5H3,(H2,23,24,25,26,27);1H. The highest BCUT2D eigenvalue weighted by atomic mass is 35.5. The minimum atomic E-state index is 0. The number of nitrogens with one attached hydrogen (secondary N) is 2. The fourth-order valence-corrected chi connectivity index (χ4v) is 3.42. The van der Waals surface area contributed by atoms with Crippen molar-refractivity contribution < 1.29 is 0 Å². The summed E-state index contributed by atoms with van der Waals surface area (Å²) in [5.41, 5.74) is 1.97. The predicted octanol–water partition coefficient (Wildman–Crippen LogP) is 3.50. The summed E-state index contributed by atoms with van der Waals surface area (Å²) in [6, 6.07) is 5.97. The van der Waals surface area contributed by atoms with Gasteiger partial charge in [-0.05, 0) is 52.6 Å². The summed E-state index contributed by atoms with van der Waals surface area (Å²) in [6.07, 6.45) is 0. The van der Waals surface area contributed by atoms with E-state index in [-0.39, 0.29) is 18.4 Å². The van der Waals surface area contributed by atoms with E-state index in [2.05, 4.69) is 63.2 Å². The zero-order chi connectivity index (χ0) is 21.7. The predicted molar refractivity (Wildman–Crippen MR) is 133 cm³/mol. The Morgan fingerprint density at radius 2 is 1.74 bits per heavy atom. The number of hydrogen-bond acceptors (Lipinski definition) is 8. The van der Waals surface area contributed by atoms with Crippen LogP contribution in [0.3, 0.4) is 0 Å². The molecule has 2 N–H and O–H groups in total. The van der Waals surface area contributed by atoms with E-state index in [1.54, 1.807) is 0 Å². The Labute approximate surface area is 196 Å². The lowest BCUT2D eigenvalue weighted by Crippen LogP contribution is -2.48. The molecule has 1 saturated heterocycles. The van der Waals surface area contributed by atoms with Crippen LogP contribution >= 0.6 is 24.0 Å². The number of aryl methyl sites for hydroxylation is 1. The normalized spacial score (nSPS) is 14.6. The number of likely N-dealkylation sites (N-methyl/N-ethyl adjacent to an activating group) is 1. The van der Waals surface area contributed by atoms with E-state index in [1.165, 1.54) is 0 Å². The molecule has 0 radical (unpaired) electrons. The summed E-state index contributed by atoms with van der Waals surface area (Å²) < 4.78 is 0. The Hall–Kier alpha value is -1.87. The van der Waals surface area contributed by atoms with Gasteiger partial charge in [0, 0.05) is 56.0 Å². The number of anilines is 4. The molecule has 1 fully saturated rings. The van der Waals surface area contributed by atoms with E-state index in [0.717, 1.165) is 50.5 Å². The molecule has 0 spiro atoms. The molecule has 1 aromatic heterocycles. The summed E-state index contributed by atoms with van der Waals surface area (Å²) in [5.74, 6) is 1.79. The molecule has 1 aliphatic rings. The maximum absolute atomic E-state index is 6.17. The van der Waals surface area contributed by atoms with Crippen LogP contribution in [-0.2, 0) is 0 Å². The molecule has 0 amide bonds. The average molecular weight is 469 g/mol. The summed E-state index contributed by atoms with van der Waals surface area (Å²) in [4.78, 5) is 20.9. The molecule has 0 aliphatic carbocycles. The first-order valence-electron chi connectivity index (χ1n) is 10.5. The molecule has 2 aromatic rings. The Bertz CT molecular complexity index is 838. The molecule has 10 heteroatoms. The molecule has 31 heavy (non-hydrogen) atoms. The van der Waals surface area contributed by atoms with Crippen LogP contribution in [0.1, 0.15) is 19.4 Å². The molecular formula is C21H34Cl2N8. The van der Waals surface area contributed by atoms with E-state index in [1.807, 2.05) is 25.1 Å². The van der Waals surface area contributed by atoms with Crippen molar-refractivity contribution in [2.75, 3.05) is 68.9 Å². The summed E-state index contributed by atoms with van der Waals surface area (Å²) in [5, 5.41) is 7.30. The maximum Gasteiger partial charge on any atom is 0.233 e. The Balaban J connectivity index is 0.00000341. The molecule has 3 rings (SSSR count). The van der Waals surface area contributed by atoms with Gasteiger partial charge in [-0.25, -0.2) is 0 Å². The van der Waals surface area contributed by atoms with Crippen molar-refractivity contribution in [3.63, 3.8) is 0 Å². The van der Waals surface area contributed by atoms with Crippen molar-refractivity contribution in [2.24, 2.45) is 0 Å². The number of nitrogens with zero attached hydrogens (tertiary/aromatic N) is 6. The molecule has 0 bridgehead atoms. The summed E-state index contributed by atoms with van der Waals surface area (Å²) in [7, 11) is 4.22. The smallest absolute Gasteiger partial charge is 0.233 e. The third-order valence-electron chi connectivity index (χ3n) is 5.01. The van der Waals surface area contributed by atoms with Crippen molar-refractivity contribution >= 4 is 47.5 Å². The van der Waals surface area contributed by atoms with Crippen LogP contribution in [0.2, 0.25) is 5.02 Å². The van der Waals surface area contributed by atoms with E-state index >= 15 is 0 Å². The lowest BCUT2D eigenvalue weighted by atomic mass is 10.2. The SMILES string of the molecule is Cc1ccc(Cl)cc1Nc1nc(NC(C)C)nc(N2CCN(CCN(C)C)CC2)n1.Cl. The maximum atomic E-state index is 6.17. The van der Waals surface area contributed by atoms with Crippen LogP contribution in [0.25, 0.3) is 0 Å². The Morgan fingerprint density at radius 3 is 2.39 bits per heavy atom. The van der Waals surface area contributed by atoms with E-state index < -0.39 is 0 Å². The number of aromatic nitrogens is 3. The first-order chi connectivity index (χ1) is 14.3. The largest absolute Gasteiger partial charge is 0.352 e. The first-order valence-corrected chi connectivity index (χ1v) is 10.9. The number of rotatable bonds is 8. The quantitative estimate of drug-likeness (QED) is 0.609. The highest BCUT2D eigenvalue weighted by Crippen LogP contribution is 2.24. The van der Waals surface area contributed by atoms with Crippen LogP contribution in [-0.4, -0.2) is 84.2 Å². The molecule has 0 unspecified atom stereocenters. The van der Waals surface area contributed by atoms with Crippen molar-refractivity contribution in [1.29, 1.82) is 0 Å². The zero-order valence-corrected chi connectivity index (χ0v) is 20.6. The van der Waals surface area contributed by atoms with Crippen LogP contribution in [0, 0.1) is 6.92 Å². The van der Waals surface area contributed by atoms with Gasteiger partial charge in [0.05, 0.1) is 0 Å². The molecule has 172 valence electrons. The molecule has 0 atom stereocenters. The van der Waals surface area contributed by atoms with Gasteiger partial charge in [-0.2, -0.15) is 15.0 Å². The minimum absolute atomic E-state index is 0. The lowest BCUT2D eigenvalue weighted by molar-refractivity contribution is 0.228. The number of hydrogen-bond donors (Lipinski definition) is 2. The van der Waals surface area contributed by atoms with E-state index in [4.69, 9.17) is 16.6 Å². The van der Waals surface area contributed by atoms with Crippen LogP contribution in [0.15, 0.2) is 18.2 Å². The molecule has 8 nitrogen and oxygen atoms in total. The van der Waals surface area contributed by atoms with Crippen LogP contribution < -0.4 is 15.5 Å². The third-order valence-corrected chi connectivity index (χ3v) is 5.24. The van der Waals surface area contributed by atoms with Gasteiger partial charge in [0.2, 0.25) is 17.8 Å². The first kappa shape index (κ1) is 25.4. The van der Waals surface area contributed by atoms with Crippen molar-refractivity contribution in [1.82, 2.24) is 24.8 Å². The fourth-order valence-electron chi connectivity index (χ4n) is 3.25. The van der Waals surface area contributed by atoms with Crippen LogP contribution in [0.4, 0.5) is 23.5 Å². The second-order valence-corrected chi connectivity index (χ2v) is 8.73. The van der Waals surface area contributed by atoms with E-state index in [0.29, 0.717) is 22.9 Å². The lowest BCUT2D eigenvalue weighted by Gasteiger charge is -2.35. The number of piperazine rings is 1. The third kappa shape index (κ3) is 7.64. The van der Waals surface area contributed by atoms with Gasteiger partial charge in [-0.1, -0.05) is 17.7 Å². The highest BCUT2D eigenvalue weighted by molar-refractivity contribution is 6.30. The van der Waals surface area contributed by atoms with Gasteiger partial charge < -0.3 is 20.4 Å². The molecular weight excluding hydrogens is 435 g/mol. The van der Waals surface area contributed by atoms with Crippen molar-refractivity contribution in [2.45, 2.75) is 26.8 Å². The van der Waals surface area contributed by atoms with Crippen molar-refractivity contribution in [3.05, 3.63) is 28.8 Å². The second kappa shape index (κ2) is 11.7. The van der Waals surface area contributed by atoms with Gasteiger partial charge in [0.25, 0.3) is 0 Å². The van der Waals surface area contributed by atoms with Gasteiger partial charge in [0.1, 0.15) is 0 Å².